The molecule has 0 bridgehead atoms. The minimum Gasteiger partial charge on any atom is -0.0616 e. The molecule has 1 heteroatoms. The Hall–Kier alpha value is 0.181. The van der Waals surface area contributed by atoms with Crippen LogP contribution in [0.25, 0.3) is 10.8 Å². The normalized spacial score (nSPS) is 9.09. The first-order valence-corrected chi connectivity index (χ1v) is 3.40. The first-order valence-electron chi connectivity index (χ1n) is 3.40. The van der Waals surface area contributed by atoms with E-state index in [-0.39, 0.29) is 45.5 Å². The van der Waals surface area contributed by atoms with Crippen molar-refractivity contribution in [1.29, 1.82) is 0 Å². The molecule has 0 aliphatic heterocycles. The van der Waals surface area contributed by atoms with Crippen molar-refractivity contribution in [3.8, 4) is 0 Å². The quantitative estimate of drug-likeness (QED) is 0.593. The van der Waals surface area contributed by atoms with Crippen molar-refractivity contribution in [2.45, 2.75) is 0 Å². The molecule has 0 unspecified atom stereocenters. The maximum atomic E-state index is 2.12. The van der Waals surface area contributed by atoms with E-state index in [1.165, 1.54) is 10.8 Å². The van der Waals surface area contributed by atoms with Gasteiger partial charge in [-0.15, -0.1) is 0 Å². The van der Waals surface area contributed by atoms with Gasteiger partial charge in [0.05, 0.1) is 0 Å². The molecular weight excluding hydrogens is 208 g/mol. The molecule has 0 aliphatic carbocycles. The van der Waals surface area contributed by atoms with E-state index in [0.29, 0.717) is 0 Å². The van der Waals surface area contributed by atoms with Gasteiger partial charge >= 0.3 is 0 Å². The summed E-state index contributed by atoms with van der Waals surface area (Å²) in [6, 6.07) is 16.7. The largest absolute Gasteiger partial charge is 0.0616 e. The van der Waals surface area contributed by atoms with E-state index in [9.17, 15) is 0 Å². The molecule has 50 valence electrons. The molecule has 0 nitrogen and oxygen atoms in total. The van der Waals surface area contributed by atoms with Crippen LogP contribution in [0.3, 0.4) is 0 Å². The van der Waals surface area contributed by atoms with Gasteiger partial charge in [-0.3, -0.25) is 0 Å². The maximum Gasteiger partial charge on any atom is 0 e. The number of hydrogen-bond donors (Lipinski definition) is 0. The predicted molar refractivity (Wildman–Crippen MR) is 49.7 cm³/mol. The summed E-state index contributed by atoms with van der Waals surface area (Å²) < 4.78 is 0. The van der Waals surface area contributed by atoms with Crippen LogP contribution in [-0.4, -0.2) is 45.5 Å². The summed E-state index contributed by atoms with van der Waals surface area (Å²) >= 11 is 0. The zero-order valence-corrected chi connectivity index (χ0v) is 9.80. The van der Waals surface area contributed by atoms with Gasteiger partial charge < -0.3 is 0 Å². The number of benzene rings is 2. The molecule has 0 aliphatic rings. The Bertz CT molecular complexity index is 276. The second-order valence-electron chi connectivity index (χ2n) is 2.35. The van der Waals surface area contributed by atoms with Crippen LogP contribution in [0.5, 0.6) is 0 Å². The molecule has 0 fully saturated rings. The summed E-state index contributed by atoms with van der Waals surface area (Å²) in [7, 11) is 0. The Labute approximate surface area is 104 Å². The van der Waals surface area contributed by atoms with Crippen molar-refractivity contribution in [2.24, 2.45) is 0 Å². The summed E-state index contributed by atoms with van der Waals surface area (Å²) in [5.74, 6) is 0. The number of hydrogen-bond acceptors (Lipinski definition) is 0. The van der Waals surface area contributed by atoms with Gasteiger partial charge in [0.15, 0.2) is 0 Å². The average Bonchev–Trinajstić information content (AvgIpc) is 2.05. The van der Waals surface area contributed by atoms with Crippen LogP contribution >= 0.6 is 0 Å². The third-order valence-corrected chi connectivity index (χ3v) is 1.66. The van der Waals surface area contributed by atoms with Crippen molar-refractivity contribution in [2.75, 3.05) is 0 Å². The molecule has 2 rings (SSSR count). The smallest absolute Gasteiger partial charge is 0 e. The van der Waals surface area contributed by atoms with E-state index >= 15 is 0 Å². The predicted octanol–water partition coefficient (Wildman–Crippen LogP) is 2.46. The van der Waals surface area contributed by atoms with Gasteiger partial charge in [-0.25, -0.2) is 0 Å². The van der Waals surface area contributed by atoms with Crippen molar-refractivity contribution >= 4 is 56.3 Å². The van der Waals surface area contributed by atoms with Crippen LogP contribution in [0.4, 0.5) is 0 Å². The summed E-state index contributed by atoms with van der Waals surface area (Å²) in [4.78, 5) is 0. The maximum absolute atomic E-state index is 2.12. The topological polar surface area (TPSA) is 0 Å². The molecule has 0 atom stereocenters. The molecule has 0 saturated heterocycles. The monoisotopic (exact) mass is 216 g/mol. The standard InChI is InChI=1S/C10H8.Sr/c1-2-6-10-8-4-3-7-9(10)5-1;/h1-8H;. The Kier molecular flexibility index (Phi) is 3.60. The molecule has 2 aromatic rings. The summed E-state index contributed by atoms with van der Waals surface area (Å²) in [5.41, 5.74) is 0. The van der Waals surface area contributed by atoms with E-state index in [0.717, 1.165) is 0 Å². The summed E-state index contributed by atoms with van der Waals surface area (Å²) in [6.45, 7) is 0. The average molecular weight is 216 g/mol. The zero-order chi connectivity index (χ0) is 6.81. The summed E-state index contributed by atoms with van der Waals surface area (Å²) in [6.07, 6.45) is 0. The van der Waals surface area contributed by atoms with Crippen LogP contribution < -0.4 is 0 Å². The molecule has 11 heavy (non-hydrogen) atoms. The van der Waals surface area contributed by atoms with Crippen LogP contribution in [0.2, 0.25) is 0 Å². The molecule has 0 N–H and O–H groups in total. The minimum atomic E-state index is 0. The number of rotatable bonds is 0. The van der Waals surface area contributed by atoms with E-state index in [2.05, 4.69) is 48.5 Å². The molecule has 0 aromatic heterocycles. The van der Waals surface area contributed by atoms with Crippen LogP contribution in [-0.2, 0) is 0 Å². The van der Waals surface area contributed by atoms with Crippen molar-refractivity contribution in [1.82, 2.24) is 0 Å². The Morgan fingerprint density at radius 1 is 0.545 bits per heavy atom. The second kappa shape index (κ2) is 4.27. The Morgan fingerprint density at radius 2 is 0.818 bits per heavy atom. The van der Waals surface area contributed by atoms with E-state index in [1.807, 2.05) is 0 Å². The Morgan fingerprint density at radius 3 is 1.09 bits per heavy atom. The first kappa shape index (κ1) is 9.27. The van der Waals surface area contributed by atoms with Crippen molar-refractivity contribution in [3.63, 3.8) is 0 Å². The van der Waals surface area contributed by atoms with Gasteiger partial charge in [0, 0.05) is 45.5 Å². The minimum absolute atomic E-state index is 0. The van der Waals surface area contributed by atoms with Crippen LogP contribution in [0.1, 0.15) is 0 Å². The van der Waals surface area contributed by atoms with E-state index in [4.69, 9.17) is 0 Å². The zero-order valence-electron chi connectivity index (χ0n) is 6.33. The van der Waals surface area contributed by atoms with E-state index in [1.54, 1.807) is 0 Å². The van der Waals surface area contributed by atoms with Gasteiger partial charge in [-0.1, -0.05) is 48.5 Å². The third kappa shape index (κ3) is 2.06. The fraction of sp³-hybridized carbons (Fsp3) is 0. The SMILES string of the molecule is [Sr].c1ccc2ccccc2c1. The molecule has 0 saturated carbocycles. The van der Waals surface area contributed by atoms with Gasteiger partial charge in [0.25, 0.3) is 0 Å². The van der Waals surface area contributed by atoms with Gasteiger partial charge in [0.2, 0.25) is 0 Å². The Balaban J connectivity index is 0.000000605. The molecule has 2 aromatic carbocycles. The fourth-order valence-corrected chi connectivity index (χ4v) is 1.13. The van der Waals surface area contributed by atoms with Crippen LogP contribution in [0, 0.1) is 0 Å². The molecule has 0 spiro atoms. The van der Waals surface area contributed by atoms with Gasteiger partial charge in [0.1, 0.15) is 0 Å². The van der Waals surface area contributed by atoms with Crippen molar-refractivity contribution < 1.29 is 0 Å². The summed E-state index contributed by atoms with van der Waals surface area (Å²) in [5, 5.41) is 2.62. The second-order valence-corrected chi connectivity index (χ2v) is 2.35. The molecule has 0 amide bonds. The van der Waals surface area contributed by atoms with E-state index < -0.39 is 0 Å². The van der Waals surface area contributed by atoms with Crippen molar-refractivity contribution in [3.05, 3.63) is 48.5 Å². The molecular formula is C10H8Sr. The fourth-order valence-electron chi connectivity index (χ4n) is 1.13. The molecule has 0 heterocycles. The van der Waals surface area contributed by atoms with Gasteiger partial charge in [-0.05, 0) is 10.8 Å². The van der Waals surface area contributed by atoms with Gasteiger partial charge in [-0.2, -0.15) is 0 Å². The van der Waals surface area contributed by atoms with Crippen LogP contribution in [0.15, 0.2) is 48.5 Å². The molecule has 2 radical (unpaired) electrons. The first-order chi connectivity index (χ1) is 4.97. The number of fused-ring (bicyclic) bond motifs is 1. The third-order valence-electron chi connectivity index (χ3n) is 1.66.